The molecule has 18 heavy (non-hydrogen) atoms. The van der Waals surface area contributed by atoms with Gasteiger partial charge >= 0.3 is 0 Å². The second-order valence-corrected chi connectivity index (χ2v) is 4.60. The number of hydrogen-bond acceptors (Lipinski definition) is 3. The lowest BCUT2D eigenvalue weighted by molar-refractivity contribution is 0.0723. The van der Waals surface area contributed by atoms with E-state index in [0.717, 1.165) is 12.8 Å². The Morgan fingerprint density at radius 2 is 2.11 bits per heavy atom. The van der Waals surface area contributed by atoms with Crippen molar-refractivity contribution < 1.29 is 4.79 Å². The lowest BCUT2D eigenvalue weighted by atomic mass is 10.1. The molecule has 5 heteroatoms. The highest BCUT2D eigenvalue weighted by atomic mass is 35.5. The van der Waals surface area contributed by atoms with Crippen LogP contribution in [-0.2, 0) is 0 Å². The minimum absolute atomic E-state index is 0.0410. The zero-order valence-corrected chi connectivity index (χ0v) is 12.1. The minimum atomic E-state index is -0.0410. The van der Waals surface area contributed by atoms with Crippen molar-refractivity contribution in [3.63, 3.8) is 0 Å². The van der Waals surface area contributed by atoms with Crippen LogP contribution in [0.5, 0.6) is 0 Å². The summed E-state index contributed by atoms with van der Waals surface area (Å²) in [6.07, 6.45) is 3.43. The van der Waals surface area contributed by atoms with Gasteiger partial charge in [0.25, 0.3) is 5.91 Å². The molecule has 0 unspecified atom stereocenters. The first-order chi connectivity index (χ1) is 8.54. The lowest BCUT2D eigenvalue weighted by Crippen LogP contribution is -2.36. The van der Waals surface area contributed by atoms with Crippen LogP contribution in [0, 0.1) is 0 Å². The Morgan fingerprint density at radius 3 is 2.56 bits per heavy atom. The van der Waals surface area contributed by atoms with Crippen molar-refractivity contribution in [2.75, 3.05) is 19.4 Å². The van der Waals surface area contributed by atoms with E-state index in [1.807, 2.05) is 7.05 Å². The highest BCUT2D eigenvalue weighted by Crippen LogP contribution is 2.21. The topological polar surface area (TPSA) is 45.2 Å². The molecule has 4 nitrogen and oxygen atoms in total. The predicted molar refractivity (Wildman–Crippen MR) is 75.3 cm³/mol. The predicted octanol–water partition coefficient (Wildman–Crippen LogP) is 3.04. The number of nitrogens with one attached hydrogen (secondary N) is 1. The van der Waals surface area contributed by atoms with Crippen LogP contribution in [0.1, 0.15) is 37.0 Å². The zero-order valence-electron chi connectivity index (χ0n) is 11.3. The molecule has 0 aliphatic heterocycles. The molecule has 0 spiro atoms. The van der Waals surface area contributed by atoms with Crippen LogP contribution in [0.3, 0.4) is 0 Å². The monoisotopic (exact) mass is 269 g/mol. The van der Waals surface area contributed by atoms with Crippen molar-refractivity contribution in [3.8, 4) is 0 Å². The normalized spacial score (nSPS) is 10.6. The molecule has 0 aromatic carbocycles. The maximum atomic E-state index is 12.3. The number of carbonyl (C=O) groups excluding carboxylic acids is 1. The SMILES string of the molecule is CCC(CC)N(C)C(=O)c1cnc(NC)c(Cl)c1. The number of amides is 1. The fourth-order valence-corrected chi connectivity index (χ4v) is 2.21. The van der Waals surface area contributed by atoms with Gasteiger partial charge in [0.1, 0.15) is 5.82 Å². The van der Waals surface area contributed by atoms with Gasteiger partial charge in [-0.15, -0.1) is 0 Å². The largest absolute Gasteiger partial charge is 0.372 e. The van der Waals surface area contributed by atoms with Gasteiger partial charge in [-0.3, -0.25) is 4.79 Å². The molecule has 100 valence electrons. The van der Waals surface area contributed by atoms with Crippen LogP contribution < -0.4 is 5.32 Å². The second kappa shape index (κ2) is 6.59. The van der Waals surface area contributed by atoms with Gasteiger partial charge in [0.15, 0.2) is 0 Å². The minimum Gasteiger partial charge on any atom is -0.372 e. The van der Waals surface area contributed by atoms with Gasteiger partial charge in [-0.25, -0.2) is 4.98 Å². The van der Waals surface area contributed by atoms with Crippen molar-refractivity contribution in [2.24, 2.45) is 0 Å². The average molecular weight is 270 g/mol. The average Bonchev–Trinajstić information content (AvgIpc) is 2.39. The summed E-state index contributed by atoms with van der Waals surface area (Å²) in [6.45, 7) is 4.15. The van der Waals surface area contributed by atoms with Crippen LogP contribution in [-0.4, -0.2) is 35.9 Å². The van der Waals surface area contributed by atoms with Crippen molar-refractivity contribution in [1.82, 2.24) is 9.88 Å². The molecule has 1 aromatic heterocycles. The molecular weight excluding hydrogens is 250 g/mol. The summed E-state index contributed by atoms with van der Waals surface area (Å²) in [4.78, 5) is 18.1. The fourth-order valence-electron chi connectivity index (χ4n) is 1.94. The maximum Gasteiger partial charge on any atom is 0.255 e. The first kappa shape index (κ1) is 14.8. The molecule has 0 saturated heterocycles. The van der Waals surface area contributed by atoms with Gasteiger partial charge < -0.3 is 10.2 Å². The first-order valence-corrected chi connectivity index (χ1v) is 6.53. The van der Waals surface area contributed by atoms with E-state index < -0.39 is 0 Å². The number of halogens is 1. The van der Waals surface area contributed by atoms with E-state index in [4.69, 9.17) is 11.6 Å². The number of nitrogens with zero attached hydrogens (tertiary/aromatic N) is 2. The van der Waals surface area contributed by atoms with Gasteiger partial charge in [-0.1, -0.05) is 25.4 Å². The molecule has 1 rings (SSSR count). The highest BCUT2D eigenvalue weighted by Gasteiger charge is 2.19. The molecule has 0 bridgehead atoms. The summed E-state index contributed by atoms with van der Waals surface area (Å²) in [5, 5.41) is 3.33. The van der Waals surface area contributed by atoms with E-state index in [1.165, 1.54) is 0 Å². The van der Waals surface area contributed by atoms with Crippen molar-refractivity contribution in [2.45, 2.75) is 32.7 Å². The number of carbonyl (C=O) groups is 1. The van der Waals surface area contributed by atoms with Gasteiger partial charge in [-0.2, -0.15) is 0 Å². The summed E-state index contributed by atoms with van der Waals surface area (Å²) in [5.74, 6) is 0.541. The summed E-state index contributed by atoms with van der Waals surface area (Å²) in [5.41, 5.74) is 0.522. The Bertz CT molecular complexity index is 419. The number of aromatic nitrogens is 1. The van der Waals surface area contributed by atoms with Crippen molar-refractivity contribution >= 4 is 23.3 Å². The third kappa shape index (κ3) is 3.13. The first-order valence-electron chi connectivity index (χ1n) is 6.15. The van der Waals surface area contributed by atoms with E-state index in [1.54, 1.807) is 24.2 Å². The third-order valence-corrected chi connectivity index (χ3v) is 3.42. The van der Waals surface area contributed by atoms with E-state index in [-0.39, 0.29) is 11.9 Å². The van der Waals surface area contributed by atoms with Gasteiger partial charge in [0.2, 0.25) is 0 Å². The fraction of sp³-hybridized carbons (Fsp3) is 0.538. The zero-order chi connectivity index (χ0) is 13.7. The van der Waals surface area contributed by atoms with Crippen molar-refractivity contribution in [1.29, 1.82) is 0 Å². The van der Waals surface area contributed by atoms with E-state index in [0.29, 0.717) is 16.4 Å². The molecule has 0 atom stereocenters. The molecule has 0 aliphatic rings. The summed E-state index contributed by atoms with van der Waals surface area (Å²) in [7, 11) is 3.56. The number of pyridine rings is 1. The van der Waals surface area contributed by atoms with E-state index >= 15 is 0 Å². The van der Waals surface area contributed by atoms with Gasteiger partial charge in [0, 0.05) is 26.3 Å². The molecule has 1 heterocycles. The smallest absolute Gasteiger partial charge is 0.255 e. The standard InChI is InChI=1S/C13H20ClN3O/c1-5-10(6-2)17(4)13(18)9-7-11(14)12(15-3)16-8-9/h7-8,10H,5-6H2,1-4H3,(H,15,16). The quantitative estimate of drug-likeness (QED) is 0.894. The van der Waals surface area contributed by atoms with Crippen LogP contribution in [0.2, 0.25) is 5.02 Å². The molecule has 1 aromatic rings. The summed E-state index contributed by atoms with van der Waals surface area (Å²) < 4.78 is 0. The van der Waals surface area contributed by atoms with E-state index in [2.05, 4.69) is 24.1 Å². The van der Waals surface area contributed by atoms with Crippen LogP contribution in [0.15, 0.2) is 12.3 Å². The second-order valence-electron chi connectivity index (χ2n) is 4.19. The van der Waals surface area contributed by atoms with Crippen LogP contribution in [0.25, 0.3) is 0 Å². The Labute approximate surface area is 113 Å². The van der Waals surface area contributed by atoms with Gasteiger partial charge in [0.05, 0.1) is 10.6 Å². The van der Waals surface area contributed by atoms with Crippen LogP contribution in [0.4, 0.5) is 5.82 Å². The number of hydrogen-bond donors (Lipinski definition) is 1. The highest BCUT2D eigenvalue weighted by molar-refractivity contribution is 6.33. The molecule has 1 N–H and O–H groups in total. The molecule has 0 saturated carbocycles. The summed E-state index contributed by atoms with van der Waals surface area (Å²) in [6, 6.07) is 1.90. The Balaban J connectivity index is 2.93. The Morgan fingerprint density at radius 1 is 1.50 bits per heavy atom. The Hall–Kier alpha value is -1.29. The van der Waals surface area contributed by atoms with Crippen molar-refractivity contribution in [3.05, 3.63) is 22.8 Å². The number of rotatable bonds is 5. The third-order valence-electron chi connectivity index (χ3n) is 3.14. The number of anilines is 1. The molecule has 1 amide bonds. The molecule has 0 aliphatic carbocycles. The van der Waals surface area contributed by atoms with Crippen LogP contribution >= 0.6 is 11.6 Å². The molecule has 0 fully saturated rings. The molecular formula is C13H20ClN3O. The summed E-state index contributed by atoms with van der Waals surface area (Å²) >= 11 is 6.03. The Kier molecular flexibility index (Phi) is 5.41. The molecule has 0 radical (unpaired) electrons. The van der Waals surface area contributed by atoms with E-state index in [9.17, 15) is 4.79 Å². The van der Waals surface area contributed by atoms with Gasteiger partial charge in [-0.05, 0) is 18.9 Å². The maximum absolute atomic E-state index is 12.3. The lowest BCUT2D eigenvalue weighted by Gasteiger charge is -2.26.